The second-order valence-electron chi connectivity index (χ2n) is 9.52. The molecule has 3 aromatic carbocycles. The van der Waals surface area contributed by atoms with Gasteiger partial charge in [-0.05, 0) is 71.7 Å². The van der Waals surface area contributed by atoms with Gasteiger partial charge >= 0.3 is 0 Å². The van der Waals surface area contributed by atoms with E-state index in [-0.39, 0.29) is 12.4 Å². The Morgan fingerprint density at radius 2 is 1.66 bits per heavy atom. The predicted octanol–water partition coefficient (Wildman–Crippen LogP) is 6.11. The zero-order valence-electron chi connectivity index (χ0n) is 21.0. The van der Waals surface area contributed by atoms with Crippen LogP contribution < -0.4 is 4.90 Å². The standard InChI is InChI=1S/C31H35NO3/c1-22-9-15-29-25(19-22)12-16-28(23-7-5-4-6-8-23)31(29)24-10-13-26(14-11-24)32-18-17-27(20-32)35-21-30(33-2)34-3/h4-11,13-15,19,27,30H,12,16-18,20-21H2,1-3H3/t27-/m0/s1. The molecule has 1 fully saturated rings. The fourth-order valence-electron chi connectivity index (χ4n) is 5.36. The first-order valence-corrected chi connectivity index (χ1v) is 12.6. The maximum absolute atomic E-state index is 6.03. The highest BCUT2D eigenvalue weighted by molar-refractivity contribution is 6.00. The molecule has 0 saturated carbocycles. The molecule has 1 aliphatic heterocycles. The van der Waals surface area contributed by atoms with Crippen LogP contribution in [0.4, 0.5) is 5.69 Å². The molecule has 0 spiro atoms. The fourth-order valence-corrected chi connectivity index (χ4v) is 5.36. The van der Waals surface area contributed by atoms with E-state index in [1.807, 2.05) is 0 Å². The summed E-state index contributed by atoms with van der Waals surface area (Å²) in [7, 11) is 3.29. The van der Waals surface area contributed by atoms with Gasteiger partial charge in [-0.1, -0.05) is 66.2 Å². The average molecular weight is 470 g/mol. The van der Waals surface area contributed by atoms with Crippen molar-refractivity contribution < 1.29 is 14.2 Å². The lowest BCUT2D eigenvalue weighted by Crippen LogP contribution is -2.27. The fraction of sp³-hybridized carbons (Fsp3) is 0.355. The number of benzene rings is 3. The van der Waals surface area contributed by atoms with Crippen LogP contribution in [0.1, 0.15) is 40.7 Å². The summed E-state index contributed by atoms with van der Waals surface area (Å²) in [6.07, 6.45) is 3.05. The summed E-state index contributed by atoms with van der Waals surface area (Å²) in [6, 6.07) is 26.9. The Hall–Kier alpha value is -2.92. The monoisotopic (exact) mass is 469 g/mol. The molecule has 4 nitrogen and oxygen atoms in total. The second kappa shape index (κ2) is 10.8. The first-order valence-electron chi connectivity index (χ1n) is 12.6. The molecule has 5 rings (SSSR count). The molecule has 0 amide bonds. The van der Waals surface area contributed by atoms with E-state index in [9.17, 15) is 0 Å². The van der Waals surface area contributed by atoms with Gasteiger partial charge in [0, 0.05) is 33.0 Å². The minimum Gasteiger partial charge on any atom is -0.371 e. The molecule has 35 heavy (non-hydrogen) atoms. The van der Waals surface area contributed by atoms with Gasteiger partial charge in [-0.3, -0.25) is 0 Å². The summed E-state index contributed by atoms with van der Waals surface area (Å²) < 4.78 is 16.5. The van der Waals surface area contributed by atoms with Crippen molar-refractivity contribution in [3.05, 3.63) is 101 Å². The van der Waals surface area contributed by atoms with E-state index in [0.29, 0.717) is 6.61 Å². The smallest absolute Gasteiger partial charge is 0.180 e. The number of rotatable bonds is 8. The molecule has 0 aromatic heterocycles. The molecule has 0 N–H and O–H groups in total. The number of nitrogens with zero attached hydrogens (tertiary/aromatic N) is 1. The van der Waals surface area contributed by atoms with Crippen LogP contribution in [0.5, 0.6) is 0 Å². The Balaban J connectivity index is 1.40. The summed E-state index contributed by atoms with van der Waals surface area (Å²) in [5, 5.41) is 0. The number of hydrogen-bond acceptors (Lipinski definition) is 4. The van der Waals surface area contributed by atoms with E-state index < -0.39 is 0 Å². The second-order valence-corrected chi connectivity index (χ2v) is 9.52. The lowest BCUT2D eigenvalue weighted by molar-refractivity contribution is -0.149. The highest BCUT2D eigenvalue weighted by atomic mass is 16.7. The van der Waals surface area contributed by atoms with E-state index in [1.165, 1.54) is 44.7 Å². The number of anilines is 1. The van der Waals surface area contributed by atoms with Crippen molar-refractivity contribution in [1.82, 2.24) is 0 Å². The van der Waals surface area contributed by atoms with Gasteiger partial charge in [-0.25, -0.2) is 0 Å². The van der Waals surface area contributed by atoms with Crippen molar-refractivity contribution in [1.29, 1.82) is 0 Å². The minimum atomic E-state index is -0.308. The molecule has 0 radical (unpaired) electrons. The van der Waals surface area contributed by atoms with E-state index in [4.69, 9.17) is 14.2 Å². The van der Waals surface area contributed by atoms with Gasteiger partial charge in [0.1, 0.15) is 0 Å². The van der Waals surface area contributed by atoms with Crippen molar-refractivity contribution in [3.63, 3.8) is 0 Å². The predicted molar refractivity (Wildman–Crippen MR) is 143 cm³/mol. The van der Waals surface area contributed by atoms with Gasteiger partial charge in [0.25, 0.3) is 0 Å². The highest BCUT2D eigenvalue weighted by Crippen LogP contribution is 2.41. The normalized spacial score (nSPS) is 17.8. The van der Waals surface area contributed by atoms with Crippen molar-refractivity contribution in [2.45, 2.75) is 38.6 Å². The lowest BCUT2D eigenvalue weighted by Gasteiger charge is -2.26. The Kier molecular flexibility index (Phi) is 7.33. The van der Waals surface area contributed by atoms with Crippen LogP contribution in [0.15, 0.2) is 72.8 Å². The van der Waals surface area contributed by atoms with Crippen molar-refractivity contribution in [2.75, 3.05) is 38.8 Å². The third kappa shape index (κ3) is 5.20. The summed E-state index contributed by atoms with van der Waals surface area (Å²) in [4.78, 5) is 2.41. The number of allylic oxidation sites excluding steroid dienone is 1. The quantitative estimate of drug-likeness (QED) is 0.372. The first kappa shape index (κ1) is 23.8. The number of fused-ring (bicyclic) bond motifs is 1. The van der Waals surface area contributed by atoms with Gasteiger partial charge < -0.3 is 19.1 Å². The zero-order chi connectivity index (χ0) is 24.2. The molecule has 182 valence electrons. The largest absolute Gasteiger partial charge is 0.371 e. The Bertz CT molecular complexity index is 1170. The number of ether oxygens (including phenoxy) is 3. The minimum absolute atomic E-state index is 0.198. The van der Waals surface area contributed by atoms with E-state index in [1.54, 1.807) is 14.2 Å². The van der Waals surface area contributed by atoms with E-state index in [0.717, 1.165) is 32.4 Å². The van der Waals surface area contributed by atoms with Gasteiger partial charge in [0.15, 0.2) is 6.29 Å². The van der Waals surface area contributed by atoms with Crippen LogP contribution in [0.2, 0.25) is 0 Å². The molecule has 0 bridgehead atoms. The maximum atomic E-state index is 6.03. The van der Waals surface area contributed by atoms with Crippen LogP contribution in [-0.2, 0) is 20.6 Å². The molecular weight excluding hydrogens is 434 g/mol. The Morgan fingerprint density at radius 3 is 2.40 bits per heavy atom. The van der Waals surface area contributed by atoms with Crippen LogP contribution in [0.3, 0.4) is 0 Å². The zero-order valence-corrected chi connectivity index (χ0v) is 21.0. The Morgan fingerprint density at radius 1 is 0.886 bits per heavy atom. The molecule has 0 unspecified atom stereocenters. The number of aryl methyl sites for hydroxylation is 2. The molecular formula is C31H35NO3. The van der Waals surface area contributed by atoms with Crippen LogP contribution >= 0.6 is 0 Å². The van der Waals surface area contributed by atoms with Gasteiger partial charge in [-0.2, -0.15) is 0 Å². The topological polar surface area (TPSA) is 30.9 Å². The summed E-state index contributed by atoms with van der Waals surface area (Å²) in [5.74, 6) is 0. The summed E-state index contributed by atoms with van der Waals surface area (Å²) >= 11 is 0. The molecule has 1 saturated heterocycles. The van der Waals surface area contributed by atoms with E-state index >= 15 is 0 Å². The average Bonchev–Trinajstić information content (AvgIpc) is 3.38. The SMILES string of the molecule is COC(CO[C@H]1CCN(c2ccc(C3=C(c4ccccc4)CCc4cc(C)ccc43)cc2)C1)OC. The molecule has 3 aromatic rings. The van der Waals surface area contributed by atoms with Crippen molar-refractivity contribution in [3.8, 4) is 0 Å². The molecule has 1 aliphatic carbocycles. The van der Waals surface area contributed by atoms with Gasteiger partial charge in [0.2, 0.25) is 0 Å². The summed E-state index contributed by atoms with van der Waals surface area (Å²) in [5.41, 5.74) is 10.8. The van der Waals surface area contributed by atoms with Crippen molar-refractivity contribution >= 4 is 16.8 Å². The molecule has 4 heteroatoms. The molecule has 1 atom stereocenters. The molecule has 2 aliphatic rings. The lowest BCUT2D eigenvalue weighted by atomic mass is 9.79. The van der Waals surface area contributed by atoms with Gasteiger partial charge in [-0.15, -0.1) is 0 Å². The Labute approximate surface area is 209 Å². The third-order valence-corrected chi connectivity index (χ3v) is 7.26. The van der Waals surface area contributed by atoms with Crippen molar-refractivity contribution in [2.24, 2.45) is 0 Å². The highest BCUT2D eigenvalue weighted by Gasteiger charge is 2.25. The number of hydrogen-bond donors (Lipinski definition) is 0. The molecule has 1 heterocycles. The third-order valence-electron chi connectivity index (χ3n) is 7.26. The van der Waals surface area contributed by atoms with Crippen LogP contribution in [0, 0.1) is 6.92 Å². The first-order chi connectivity index (χ1) is 17.2. The maximum Gasteiger partial charge on any atom is 0.180 e. The summed E-state index contributed by atoms with van der Waals surface area (Å²) in [6.45, 7) is 4.52. The van der Waals surface area contributed by atoms with Gasteiger partial charge in [0.05, 0.1) is 12.7 Å². The van der Waals surface area contributed by atoms with Crippen LogP contribution in [-0.4, -0.2) is 46.3 Å². The van der Waals surface area contributed by atoms with Crippen LogP contribution in [0.25, 0.3) is 11.1 Å². The van der Waals surface area contributed by atoms with E-state index in [2.05, 4.69) is 84.6 Å². The number of methoxy groups -OCH3 is 2.